The molecule has 1 unspecified atom stereocenters. The largest absolute Gasteiger partial charge is 0.497 e. The molecule has 1 amide bonds. The van der Waals surface area contributed by atoms with Gasteiger partial charge in [0.15, 0.2) is 5.78 Å². The SMILES string of the molecule is COc1ccc(C2CC(=O)N(c3ccccc3[N+](=O)[O-])C3=C2C(=O)CCC3)cc1. The Balaban J connectivity index is 1.86. The second-order valence-corrected chi connectivity index (χ2v) is 7.14. The van der Waals surface area contributed by atoms with Crippen molar-refractivity contribution in [2.45, 2.75) is 31.6 Å². The summed E-state index contributed by atoms with van der Waals surface area (Å²) in [6, 6.07) is 13.5. The zero-order valence-electron chi connectivity index (χ0n) is 16.0. The highest BCUT2D eigenvalue weighted by molar-refractivity contribution is 6.08. The zero-order chi connectivity index (χ0) is 20.5. The Morgan fingerprint density at radius 3 is 2.48 bits per heavy atom. The molecule has 0 bridgehead atoms. The van der Waals surface area contributed by atoms with E-state index >= 15 is 0 Å². The van der Waals surface area contributed by atoms with Crippen LogP contribution in [0.15, 0.2) is 59.8 Å². The number of para-hydroxylation sites is 2. The summed E-state index contributed by atoms with van der Waals surface area (Å²) >= 11 is 0. The van der Waals surface area contributed by atoms with Crippen molar-refractivity contribution in [2.75, 3.05) is 12.0 Å². The monoisotopic (exact) mass is 392 g/mol. The van der Waals surface area contributed by atoms with Gasteiger partial charge in [-0.15, -0.1) is 0 Å². The van der Waals surface area contributed by atoms with Crippen LogP contribution in [0.4, 0.5) is 11.4 Å². The van der Waals surface area contributed by atoms with Crippen LogP contribution in [-0.2, 0) is 9.59 Å². The lowest BCUT2D eigenvalue weighted by Gasteiger charge is -2.38. The van der Waals surface area contributed by atoms with Crippen molar-refractivity contribution in [3.8, 4) is 5.75 Å². The van der Waals surface area contributed by atoms with Gasteiger partial charge in [-0.3, -0.25) is 24.6 Å². The normalized spacial score (nSPS) is 19.2. The van der Waals surface area contributed by atoms with E-state index in [1.165, 1.54) is 11.0 Å². The van der Waals surface area contributed by atoms with Crippen LogP contribution in [0.1, 0.15) is 37.2 Å². The second kappa shape index (κ2) is 7.50. The first-order valence-electron chi connectivity index (χ1n) is 9.48. The third-order valence-electron chi connectivity index (χ3n) is 5.51. The number of nitro benzene ring substituents is 1. The van der Waals surface area contributed by atoms with E-state index in [-0.39, 0.29) is 35.4 Å². The van der Waals surface area contributed by atoms with Gasteiger partial charge in [0, 0.05) is 36.1 Å². The van der Waals surface area contributed by atoms with E-state index < -0.39 is 4.92 Å². The van der Waals surface area contributed by atoms with Crippen molar-refractivity contribution in [3.63, 3.8) is 0 Å². The molecule has 0 radical (unpaired) electrons. The van der Waals surface area contributed by atoms with E-state index in [0.29, 0.717) is 36.3 Å². The van der Waals surface area contributed by atoms with Crippen LogP contribution in [-0.4, -0.2) is 23.7 Å². The predicted molar refractivity (Wildman–Crippen MR) is 107 cm³/mol. The molecule has 1 aliphatic heterocycles. The highest BCUT2D eigenvalue weighted by Crippen LogP contribution is 2.45. The molecule has 2 aromatic rings. The van der Waals surface area contributed by atoms with Crippen molar-refractivity contribution in [1.82, 2.24) is 0 Å². The third kappa shape index (κ3) is 3.29. The van der Waals surface area contributed by atoms with Gasteiger partial charge in [0.25, 0.3) is 5.69 Å². The molecular formula is C22H20N2O5. The molecule has 0 N–H and O–H groups in total. The van der Waals surface area contributed by atoms with Gasteiger partial charge in [-0.05, 0) is 36.6 Å². The second-order valence-electron chi connectivity index (χ2n) is 7.14. The number of anilines is 1. The molecule has 7 heteroatoms. The highest BCUT2D eigenvalue weighted by Gasteiger charge is 2.41. The standard InChI is InChI=1S/C22H20N2O5/c1-29-15-11-9-14(10-12-15)16-13-21(26)23(19-7-4-8-20(25)22(16)19)17-5-2-3-6-18(17)24(27)28/h2-3,5-6,9-12,16H,4,7-8,13H2,1H3. The van der Waals surface area contributed by atoms with Crippen LogP contribution >= 0.6 is 0 Å². The molecule has 0 saturated heterocycles. The minimum Gasteiger partial charge on any atom is -0.497 e. The molecule has 1 atom stereocenters. The number of carbonyl (C=O) groups is 2. The van der Waals surface area contributed by atoms with Crippen molar-refractivity contribution >= 4 is 23.1 Å². The summed E-state index contributed by atoms with van der Waals surface area (Å²) in [7, 11) is 1.58. The Labute approximate surface area is 167 Å². The highest BCUT2D eigenvalue weighted by atomic mass is 16.6. The van der Waals surface area contributed by atoms with E-state index in [4.69, 9.17) is 4.74 Å². The number of amides is 1. The number of benzene rings is 2. The first-order chi connectivity index (χ1) is 14.0. The summed E-state index contributed by atoms with van der Waals surface area (Å²) in [6.07, 6.45) is 1.66. The van der Waals surface area contributed by atoms with E-state index in [1.54, 1.807) is 25.3 Å². The molecular weight excluding hydrogens is 372 g/mol. The lowest BCUT2D eigenvalue weighted by atomic mass is 9.77. The maximum atomic E-state index is 13.2. The van der Waals surface area contributed by atoms with Gasteiger partial charge in [0.05, 0.1) is 12.0 Å². The molecule has 2 aliphatic rings. The van der Waals surface area contributed by atoms with E-state index in [9.17, 15) is 19.7 Å². The summed E-state index contributed by atoms with van der Waals surface area (Å²) in [5.74, 6) is 0.105. The van der Waals surface area contributed by atoms with Gasteiger partial charge < -0.3 is 4.74 Å². The Hall–Kier alpha value is -3.48. The summed E-state index contributed by atoms with van der Waals surface area (Å²) in [4.78, 5) is 38.5. The molecule has 0 fully saturated rings. The first kappa shape index (κ1) is 18.9. The number of carbonyl (C=O) groups excluding carboxylic acids is 2. The fourth-order valence-corrected chi connectivity index (χ4v) is 4.20. The number of hydrogen-bond acceptors (Lipinski definition) is 5. The molecule has 0 spiro atoms. The predicted octanol–water partition coefficient (Wildman–Crippen LogP) is 4.13. The van der Waals surface area contributed by atoms with E-state index in [0.717, 1.165) is 5.56 Å². The Morgan fingerprint density at radius 2 is 1.79 bits per heavy atom. The Morgan fingerprint density at radius 1 is 1.07 bits per heavy atom. The number of ketones is 1. The van der Waals surface area contributed by atoms with Crippen LogP contribution < -0.4 is 9.64 Å². The van der Waals surface area contributed by atoms with Gasteiger partial charge in [-0.1, -0.05) is 24.3 Å². The average Bonchev–Trinajstić information content (AvgIpc) is 2.73. The van der Waals surface area contributed by atoms with Crippen molar-refractivity contribution in [1.29, 1.82) is 0 Å². The minimum absolute atomic E-state index is 0.00292. The molecule has 2 aromatic carbocycles. The summed E-state index contributed by atoms with van der Waals surface area (Å²) in [6.45, 7) is 0. The number of hydrogen-bond donors (Lipinski definition) is 0. The molecule has 148 valence electrons. The van der Waals surface area contributed by atoms with Gasteiger partial charge >= 0.3 is 0 Å². The van der Waals surface area contributed by atoms with Crippen molar-refractivity contribution < 1.29 is 19.2 Å². The minimum atomic E-state index is -0.497. The van der Waals surface area contributed by atoms with Gasteiger partial charge in [0.1, 0.15) is 11.4 Å². The quantitative estimate of drug-likeness (QED) is 0.576. The number of nitro groups is 1. The van der Waals surface area contributed by atoms with Gasteiger partial charge in [-0.2, -0.15) is 0 Å². The Kier molecular flexibility index (Phi) is 4.88. The maximum absolute atomic E-state index is 13.2. The smallest absolute Gasteiger partial charge is 0.293 e. The molecule has 7 nitrogen and oxygen atoms in total. The molecule has 0 saturated carbocycles. The summed E-state index contributed by atoms with van der Waals surface area (Å²) < 4.78 is 5.20. The molecule has 0 aromatic heterocycles. The van der Waals surface area contributed by atoms with Crippen LogP contribution in [0.5, 0.6) is 5.75 Å². The van der Waals surface area contributed by atoms with E-state index in [1.807, 2.05) is 24.3 Å². The summed E-state index contributed by atoms with van der Waals surface area (Å²) in [5.41, 5.74) is 2.13. The lowest BCUT2D eigenvalue weighted by molar-refractivity contribution is -0.384. The molecule has 1 heterocycles. The number of Topliss-reactive ketones (excluding diaryl/α,β-unsaturated/α-hetero) is 1. The van der Waals surface area contributed by atoms with Gasteiger partial charge in [0.2, 0.25) is 5.91 Å². The van der Waals surface area contributed by atoms with Crippen LogP contribution in [0.2, 0.25) is 0 Å². The average molecular weight is 392 g/mol. The Bertz CT molecular complexity index is 1030. The zero-order valence-corrected chi connectivity index (χ0v) is 16.0. The third-order valence-corrected chi connectivity index (χ3v) is 5.51. The van der Waals surface area contributed by atoms with Crippen molar-refractivity contribution in [2.24, 2.45) is 0 Å². The number of ether oxygens (including phenoxy) is 1. The van der Waals surface area contributed by atoms with Gasteiger partial charge in [-0.25, -0.2) is 0 Å². The number of allylic oxidation sites excluding steroid dienone is 2. The van der Waals surface area contributed by atoms with E-state index in [2.05, 4.69) is 0 Å². The summed E-state index contributed by atoms with van der Waals surface area (Å²) in [5, 5.41) is 11.5. The van der Waals surface area contributed by atoms with Crippen LogP contribution in [0, 0.1) is 10.1 Å². The van der Waals surface area contributed by atoms with Crippen molar-refractivity contribution in [3.05, 3.63) is 75.5 Å². The molecule has 29 heavy (non-hydrogen) atoms. The first-order valence-corrected chi connectivity index (χ1v) is 9.48. The van der Waals surface area contributed by atoms with Crippen LogP contribution in [0.25, 0.3) is 0 Å². The maximum Gasteiger partial charge on any atom is 0.293 e. The fourth-order valence-electron chi connectivity index (χ4n) is 4.20. The number of rotatable bonds is 4. The number of methoxy groups -OCH3 is 1. The lowest BCUT2D eigenvalue weighted by Crippen LogP contribution is -2.40. The number of nitrogens with zero attached hydrogens (tertiary/aromatic N) is 2. The molecule has 1 aliphatic carbocycles. The molecule has 4 rings (SSSR count). The fraction of sp³-hybridized carbons (Fsp3) is 0.273. The van der Waals surface area contributed by atoms with Crippen LogP contribution in [0.3, 0.4) is 0 Å². The topological polar surface area (TPSA) is 89.8 Å².